The average Bonchev–Trinajstić information content (AvgIpc) is 2.87. The zero-order valence-corrected chi connectivity index (χ0v) is 10.7. The highest BCUT2D eigenvalue weighted by atomic mass is 19.2. The maximum atomic E-state index is 13.6. The standard InChI is InChI=1S/C12H13F3N4O/c1-20-3-2-16-6-9-7-19(18-17-9)11-5-8(13)4-10(14)12(11)15/h4-5,7,16H,2-3,6H2,1H3. The van der Waals surface area contributed by atoms with Crippen LogP contribution in [0.25, 0.3) is 5.69 Å². The zero-order chi connectivity index (χ0) is 14.5. The molecule has 0 bridgehead atoms. The molecule has 1 N–H and O–H groups in total. The minimum atomic E-state index is -1.27. The molecule has 8 heteroatoms. The maximum Gasteiger partial charge on any atom is 0.184 e. The summed E-state index contributed by atoms with van der Waals surface area (Å²) in [7, 11) is 1.58. The van der Waals surface area contributed by atoms with Gasteiger partial charge in [0, 0.05) is 32.3 Å². The van der Waals surface area contributed by atoms with E-state index >= 15 is 0 Å². The van der Waals surface area contributed by atoms with Crippen LogP contribution < -0.4 is 5.32 Å². The Balaban J connectivity index is 2.12. The molecule has 0 atom stereocenters. The number of ether oxygens (including phenoxy) is 1. The van der Waals surface area contributed by atoms with Crippen molar-refractivity contribution >= 4 is 0 Å². The Morgan fingerprint density at radius 1 is 1.30 bits per heavy atom. The fourth-order valence-corrected chi connectivity index (χ4v) is 1.60. The van der Waals surface area contributed by atoms with Gasteiger partial charge in [-0.3, -0.25) is 0 Å². The van der Waals surface area contributed by atoms with E-state index in [9.17, 15) is 13.2 Å². The minimum Gasteiger partial charge on any atom is -0.383 e. The molecule has 1 aromatic heterocycles. The fourth-order valence-electron chi connectivity index (χ4n) is 1.60. The molecule has 5 nitrogen and oxygen atoms in total. The smallest absolute Gasteiger partial charge is 0.184 e. The Bertz CT molecular complexity index is 588. The molecule has 20 heavy (non-hydrogen) atoms. The molecule has 0 saturated carbocycles. The number of aromatic nitrogens is 3. The molecule has 0 aliphatic carbocycles. The van der Waals surface area contributed by atoms with Crippen molar-refractivity contribution in [2.75, 3.05) is 20.3 Å². The Labute approximate surface area is 113 Å². The summed E-state index contributed by atoms with van der Waals surface area (Å²) < 4.78 is 45.6. The highest BCUT2D eigenvalue weighted by Crippen LogP contribution is 2.17. The van der Waals surface area contributed by atoms with Gasteiger partial charge in [0.05, 0.1) is 18.5 Å². The molecule has 108 valence electrons. The molecule has 2 aromatic rings. The second-order valence-electron chi connectivity index (χ2n) is 4.04. The van der Waals surface area contributed by atoms with Gasteiger partial charge in [-0.05, 0) is 0 Å². The number of nitrogens with one attached hydrogen (secondary N) is 1. The largest absolute Gasteiger partial charge is 0.383 e. The number of hydrogen-bond donors (Lipinski definition) is 1. The first-order valence-corrected chi connectivity index (χ1v) is 5.87. The lowest BCUT2D eigenvalue weighted by Crippen LogP contribution is -2.18. The van der Waals surface area contributed by atoms with E-state index in [-0.39, 0.29) is 5.69 Å². The van der Waals surface area contributed by atoms with Crippen molar-refractivity contribution in [3.05, 3.63) is 41.5 Å². The minimum absolute atomic E-state index is 0.321. The number of rotatable bonds is 6. The van der Waals surface area contributed by atoms with Crippen LogP contribution in [0.4, 0.5) is 13.2 Å². The quantitative estimate of drug-likeness (QED) is 0.644. The molecule has 2 rings (SSSR count). The predicted octanol–water partition coefficient (Wildman–Crippen LogP) is 1.42. The number of nitrogens with zero attached hydrogens (tertiary/aromatic N) is 3. The molecule has 0 unspecified atom stereocenters. The van der Waals surface area contributed by atoms with E-state index in [1.54, 1.807) is 7.11 Å². The van der Waals surface area contributed by atoms with E-state index in [4.69, 9.17) is 4.74 Å². The lowest BCUT2D eigenvalue weighted by Gasteiger charge is -2.03. The van der Waals surface area contributed by atoms with Gasteiger partial charge >= 0.3 is 0 Å². The molecule has 0 saturated heterocycles. The van der Waals surface area contributed by atoms with Gasteiger partial charge in [-0.25, -0.2) is 17.9 Å². The van der Waals surface area contributed by atoms with Gasteiger partial charge in [0.25, 0.3) is 0 Å². The van der Waals surface area contributed by atoms with Crippen molar-refractivity contribution in [2.24, 2.45) is 0 Å². The normalized spacial score (nSPS) is 11.0. The summed E-state index contributed by atoms with van der Waals surface area (Å²) in [6, 6.07) is 1.33. The molecule has 0 radical (unpaired) electrons. The second-order valence-corrected chi connectivity index (χ2v) is 4.04. The topological polar surface area (TPSA) is 52.0 Å². The van der Waals surface area contributed by atoms with Gasteiger partial charge in [0.2, 0.25) is 0 Å². The van der Waals surface area contributed by atoms with E-state index in [2.05, 4.69) is 15.6 Å². The van der Waals surface area contributed by atoms with Gasteiger partial charge < -0.3 is 10.1 Å². The molecule has 0 aliphatic heterocycles. The van der Waals surface area contributed by atoms with E-state index in [1.165, 1.54) is 6.20 Å². The average molecular weight is 286 g/mol. The van der Waals surface area contributed by atoms with Crippen molar-refractivity contribution in [3.63, 3.8) is 0 Å². The van der Waals surface area contributed by atoms with Gasteiger partial charge in [-0.2, -0.15) is 0 Å². The molecular weight excluding hydrogens is 273 g/mol. The molecule has 0 fully saturated rings. The number of benzene rings is 1. The van der Waals surface area contributed by atoms with Crippen LogP contribution in [0.2, 0.25) is 0 Å². The SMILES string of the molecule is COCCNCc1cn(-c2cc(F)cc(F)c2F)nn1. The Morgan fingerprint density at radius 2 is 2.10 bits per heavy atom. The van der Waals surface area contributed by atoms with Crippen LogP contribution in [-0.2, 0) is 11.3 Å². The third-order valence-electron chi connectivity index (χ3n) is 2.55. The van der Waals surface area contributed by atoms with Crippen LogP contribution in [0, 0.1) is 17.5 Å². The van der Waals surface area contributed by atoms with Crippen molar-refractivity contribution in [3.8, 4) is 5.69 Å². The summed E-state index contributed by atoms with van der Waals surface area (Å²) >= 11 is 0. The van der Waals surface area contributed by atoms with E-state index in [1.807, 2.05) is 0 Å². The number of halogens is 3. The first-order valence-electron chi connectivity index (χ1n) is 5.87. The van der Waals surface area contributed by atoms with Crippen molar-refractivity contribution in [1.82, 2.24) is 20.3 Å². The molecule has 1 heterocycles. The van der Waals surface area contributed by atoms with Crippen molar-refractivity contribution in [2.45, 2.75) is 6.54 Å². The van der Waals surface area contributed by atoms with Crippen LogP contribution in [0.5, 0.6) is 0 Å². The lowest BCUT2D eigenvalue weighted by molar-refractivity contribution is 0.199. The second kappa shape index (κ2) is 6.49. The molecule has 1 aromatic carbocycles. The van der Waals surface area contributed by atoms with Crippen LogP contribution in [0.15, 0.2) is 18.3 Å². The van der Waals surface area contributed by atoms with Gasteiger partial charge in [-0.15, -0.1) is 5.10 Å². The first-order chi connectivity index (χ1) is 9.61. The summed E-state index contributed by atoms with van der Waals surface area (Å²) in [5, 5.41) is 10.5. The lowest BCUT2D eigenvalue weighted by atomic mass is 10.3. The monoisotopic (exact) mass is 286 g/mol. The van der Waals surface area contributed by atoms with Crippen LogP contribution in [0.3, 0.4) is 0 Å². The highest BCUT2D eigenvalue weighted by molar-refractivity contribution is 5.34. The summed E-state index contributed by atoms with van der Waals surface area (Å²) in [5.74, 6) is -3.32. The van der Waals surface area contributed by atoms with Crippen LogP contribution in [-0.4, -0.2) is 35.3 Å². The summed E-state index contributed by atoms with van der Waals surface area (Å²) in [6.45, 7) is 1.55. The van der Waals surface area contributed by atoms with Gasteiger partial charge in [0.1, 0.15) is 11.5 Å². The van der Waals surface area contributed by atoms with Crippen LogP contribution >= 0.6 is 0 Å². The van der Waals surface area contributed by atoms with E-state index in [0.717, 1.165) is 10.7 Å². The molecule has 0 amide bonds. The van der Waals surface area contributed by atoms with Gasteiger partial charge in [-0.1, -0.05) is 5.21 Å². The third-order valence-corrected chi connectivity index (χ3v) is 2.55. The Kier molecular flexibility index (Phi) is 4.70. The molecule has 0 spiro atoms. The highest BCUT2D eigenvalue weighted by Gasteiger charge is 2.14. The number of methoxy groups -OCH3 is 1. The van der Waals surface area contributed by atoms with E-state index in [0.29, 0.717) is 31.5 Å². The first kappa shape index (κ1) is 14.5. The molecular formula is C12H13F3N4O. The van der Waals surface area contributed by atoms with E-state index < -0.39 is 17.5 Å². The number of hydrogen-bond acceptors (Lipinski definition) is 4. The Morgan fingerprint density at radius 3 is 2.85 bits per heavy atom. The summed E-state index contributed by atoms with van der Waals surface area (Å²) in [6.07, 6.45) is 1.40. The zero-order valence-electron chi connectivity index (χ0n) is 10.7. The van der Waals surface area contributed by atoms with Gasteiger partial charge in [0.15, 0.2) is 11.6 Å². The predicted molar refractivity (Wildman–Crippen MR) is 64.8 cm³/mol. The summed E-state index contributed by atoms with van der Waals surface area (Å²) in [4.78, 5) is 0. The third kappa shape index (κ3) is 3.34. The van der Waals surface area contributed by atoms with Crippen molar-refractivity contribution in [1.29, 1.82) is 0 Å². The molecule has 0 aliphatic rings. The maximum absolute atomic E-state index is 13.6. The fraction of sp³-hybridized carbons (Fsp3) is 0.333. The summed E-state index contributed by atoms with van der Waals surface area (Å²) in [5.41, 5.74) is 0.198. The Hall–Kier alpha value is -1.93. The van der Waals surface area contributed by atoms with Crippen LogP contribution in [0.1, 0.15) is 5.69 Å². The van der Waals surface area contributed by atoms with Crippen molar-refractivity contribution < 1.29 is 17.9 Å².